The predicted octanol–water partition coefficient (Wildman–Crippen LogP) is -1.26. The van der Waals surface area contributed by atoms with Gasteiger partial charge in [-0.25, -0.2) is 8.42 Å². The minimum atomic E-state index is -3.37. The molecule has 156 valence electrons. The smallest absolute Gasteiger partial charge is 0.274 e. The molecule has 0 radical (unpaired) electrons. The summed E-state index contributed by atoms with van der Waals surface area (Å²) in [6.45, 7) is 5.04. The van der Waals surface area contributed by atoms with Crippen molar-refractivity contribution in [3.05, 3.63) is 17.0 Å². The second-order valence-electron chi connectivity index (χ2n) is 7.29. The normalized spacial score (nSPS) is 18.2. The lowest BCUT2D eigenvalue weighted by Crippen LogP contribution is -2.49. The number of piperazine rings is 1. The number of nitrogens with one attached hydrogen (secondary N) is 1. The molecule has 0 unspecified atom stereocenters. The van der Waals surface area contributed by atoms with Crippen molar-refractivity contribution >= 4 is 21.7 Å². The van der Waals surface area contributed by atoms with Gasteiger partial charge in [0.05, 0.1) is 18.8 Å². The second-order valence-corrected chi connectivity index (χ2v) is 9.43. The van der Waals surface area contributed by atoms with Crippen LogP contribution in [0, 0.1) is 0 Å². The Hall–Kier alpha value is -1.98. The molecule has 0 aromatic carbocycles. The zero-order valence-corrected chi connectivity index (χ0v) is 17.1. The fourth-order valence-corrected chi connectivity index (χ4v) is 4.20. The van der Waals surface area contributed by atoms with E-state index in [2.05, 4.69) is 15.1 Å². The highest BCUT2D eigenvalue weighted by molar-refractivity contribution is 7.91. The summed E-state index contributed by atoms with van der Waals surface area (Å²) in [5.41, 5.74) is 1.95. The maximum absolute atomic E-state index is 12.9. The Morgan fingerprint density at radius 3 is 2.50 bits per heavy atom. The number of carbonyl (C=O) groups excluding carboxylic acids is 2. The van der Waals surface area contributed by atoms with E-state index in [1.807, 2.05) is 0 Å². The fraction of sp³-hybridized carbons (Fsp3) is 0.706. The molecule has 11 heteroatoms. The number of hydrogen-bond donors (Lipinski definition) is 1. The molecule has 28 heavy (non-hydrogen) atoms. The van der Waals surface area contributed by atoms with Crippen LogP contribution in [0.5, 0.6) is 0 Å². The van der Waals surface area contributed by atoms with Gasteiger partial charge in [-0.2, -0.15) is 5.10 Å². The molecule has 1 N–H and O–H groups in total. The number of H-pyrrole nitrogens is 1. The molecule has 1 aromatic heterocycles. The zero-order chi connectivity index (χ0) is 20.3. The van der Waals surface area contributed by atoms with Crippen molar-refractivity contribution in [1.82, 2.24) is 24.9 Å². The number of fused-ring (bicyclic) bond motifs is 1. The van der Waals surface area contributed by atoms with E-state index in [0.717, 1.165) is 31.5 Å². The van der Waals surface area contributed by atoms with Crippen LogP contribution < -0.4 is 0 Å². The van der Waals surface area contributed by atoms with Gasteiger partial charge in [-0.1, -0.05) is 0 Å². The molecule has 3 heterocycles. The van der Waals surface area contributed by atoms with Crippen molar-refractivity contribution in [3.8, 4) is 0 Å². The maximum Gasteiger partial charge on any atom is 0.274 e. The van der Waals surface area contributed by atoms with Crippen LogP contribution in [0.15, 0.2) is 0 Å². The third-order valence-corrected chi connectivity index (χ3v) is 5.92. The molecule has 2 aliphatic heterocycles. The summed E-state index contributed by atoms with van der Waals surface area (Å²) in [5, 5.41) is 7.07. The molecule has 0 bridgehead atoms. The molecule has 2 aliphatic rings. The molecule has 3 rings (SSSR count). The minimum Gasteiger partial charge on any atom is -0.383 e. The topological polar surface area (TPSA) is 116 Å². The Morgan fingerprint density at radius 1 is 1.14 bits per heavy atom. The van der Waals surface area contributed by atoms with E-state index in [9.17, 15) is 18.0 Å². The largest absolute Gasteiger partial charge is 0.383 e. The van der Waals surface area contributed by atoms with Crippen LogP contribution in [-0.4, -0.2) is 110 Å². The highest BCUT2D eigenvalue weighted by atomic mass is 32.2. The highest BCUT2D eigenvalue weighted by Gasteiger charge is 2.31. The molecule has 0 aliphatic carbocycles. The molecule has 1 aromatic rings. The number of rotatable bonds is 6. The molecule has 2 amide bonds. The summed E-state index contributed by atoms with van der Waals surface area (Å²) < 4.78 is 27.8. The first-order chi connectivity index (χ1) is 13.3. The van der Waals surface area contributed by atoms with Crippen molar-refractivity contribution in [2.75, 3.05) is 65.0 Å². The van der Waals surface area contributed by atoms with Crippen LogP contribution in [0.25, 0.3) is 0 Å². The number of aromatic amines is 1. The van der Waals surface area contributed by atoms with E-state index >= 15 is 0 Å². The molecule has 10 nitrogen and oxygen atoms in total. The molecule has 0 atom stereocenters. The maximum atomic E-state index is 12.9. The SMILES string of the molecule is COCCN1CCN(C(=O)c2n[nH]c3c2CCN(C(=O)CS(C)(=O)=O)C3)CC1. The lowest BCUT2D eigenvalue weighted by atomic mass is 10.0. The number of amides is 2. The first-order valence-corrected chi connectivity index (χ1v) is 11.4. The van der Waals surface area contributed by atoms with Crippen LogP contribution in [-0.2, 0) is 32.3 Å². The summed E-state index contributed by atoms with van der Waals surface area (Å²) >= 11 is 0. The summed E-state index contributed by atoms with van der Waals surface area (Å²) in [6, 6.07) is 0. The first kappa shape index (κ1) is 20.7. The van der Waals surface area contributed by atoms with E-state index in [1.54, 1.807) is 12.0 Å². The number of hydrogen-bond acceptors (Lipinski definition) is 7. The Balaban J connectivity index is 1.61. The third-order valence-electron chi connectivity index (χ3n) is 5.15. The van der Waals surface area contributed by atoms with Crippen molar-refractivity contribution in [2.45, 2.75) is 13.0 Å². The standard InChI is InChI=1S/C17H27N5O5S/c1-27-10-9-20-5-7-21(8-6-20)17(24)16-13-3-4-22(11-14(13)18-19-16)15(23)12-28(2,25)26/h3-12H2,1-2H3,(H,18,19). The fourth-order valence-electron chi connectivity index (χ4n) is 3.57. The van der Waals surface area contributed by atoms with Crippen molar-refractivity contribution < 1.29 is 22.7 Å². The van der Waals surface area contributed by atoms with Gasteiger partial charge in [-0.05, 0) is 6.42 Å². The summed E-state index contributed by atoms with van der Waals surface area (Å²) in [4.78, 5) is 30.6. The van der Waals surface area contributed by atoms with Gasteiger partial charge in [-0.15, -0.1) is 0 Å². The van der Waals surface area contributed by atoms with Gasteiger partial charge < -0.3 is 14.5 Å². The summed E-state index contributed by atoms with van der Waals surface area (Å²) in [5.74, 6) is -1.03. The first-order valence-electron chi connectivity index (χ1n) is 9.30. The average Bonchev–Trinajstić information content (AvgIpc) is 3.08. The monoisotopic (exact) mass is 413 g/mol. The van der Waals surface area contributed by atoms with Crippen LogP contribution in [0.4, 0.5) is 0 Å². The minimum absolute atomic E-state index is 0.0974. The van der Waals surface area contributed by atoms with E-state index in [1.165, 1.54) is 4.90 Å². The number of sulfone groups is 1. The van der Waals surface area contributed by atoms with Gasteiger partial charge in [-0.3, -0.25) is 19.6 Å². The van der Waals surface area contributed by atoms with E-state index in [0.29, 0.717) is 44.0 Å². The van der Waals surface area contributed by atoms with Gasteiger partial charge in [0.2, 0.25) is 5.91 Å². The van der Waals surface area contributed by atoms with Crippen molar-refractivity contribution in [1.29, 1.82) is 0 Å². The van der Waals surface area contributed by atoms with Gasteiger partial charge >= 0.3 is 0 Å². The average molecular weight is 414 g/mol. The van der Waals surface area contributed by atoms with Crippen LogP contribution in [0.2, 0.25) is 0 Å². The quantitative estimate of drug-likeness (QED) is 0.619. The highest BCUT2D eigenvalue weighted by Crippen LogP contribution is 2.22. The van der Waals surface area contributed by atoms with Crippen molar-refractivity contribution in [2.24, 2.45) is 0 Å². The van der Waals surface area contributed by atoms with Crippen LogP contribution >= 0.6 is 0 Å². The number of carbonyl (C=O) groups is 2. The Kier molecular flexibility index (Phi) is 6.36. The number of nitrogens with zero attached hydrogens (tertiary/aromatic N) is 4. The van der Waals surface area contributed by atoms with E-state index < -0.39 is 21.5 Å². The van der Waals surface area contributed by atoms with Crippen LogP contribution in [0.1, 0.15) is 21.7 Å². The lowest BCUT2D eigenvalue weighted by molar-refractivity contribution is -0.129. The molecular formula is C17H27N5O5S. The van der Waals surface area contributed by atoms with Gasteiger partial charge in [0, 0.05) is 58.2 Å². The molecule has 1 saturated heterocycles. The number of ether oxygens (including phenoxy) is 1. The van der Waals surface area contributed by atoms with Gasteiger partial charge in [0.1, 0.15) is 5.75 Å². The lowest BCUT2D eigenvalue weighted by Gasteiger charge is -2.34. The molecular weight excluding hydrogens is 386 g/mol. The molecule has 0 saturated carbocycles. The molecule has 0 spiro atoms. The van der Waals surface area contributed by atoms with Gasteiger partial charge in [0.25, 0.3) is 5.91 Å². The zero-order valence-electron chi connectivity index (χ0n) is 16.3. The van der Waals surface area contributed by atoms with Crippen LogP contribution in [0.3, 0.4) is 0 Å². The van der Waals surface area contributed by atoms with E-state index in [4.69, 9.17) is 4.74 Å². The second kappa shape index (κ2) is 8.58. The third kappa shape index (κ3) is 4.89. The number of aromatic nitrogens is 2. The number of methoxy groups -OCH3 is 1. The van der Waals surface area contributed by atoms with E-state index in [-0.39, 0.29) is 12.5 Å². The predicted molar refractivity (Wildman–Crippen MR) is 102 cm³/mol. The Labute approximate surface area is 164 Å². The Bertz CT molecular complexity index is 829. The molecule has 1 fully saturated rings. The Morgan fingerprint density at radius 2 is 1.86 bits per heavy atom. The summed E-state index contributed by atoms with van der Waals surface area (Å²) in [7, 11) is -1.70. The van der Waals surface area contributed by atoms with Crippen molar-refractivity contribution in [3.63, 3.8) is 0 Å². The van der Waals surface area contributed by atoms with Gasteiger partial charge in [0.15, 0.2) is 15.5 Å². The summed E-state index contributed by atoms with van der Waals surface area (Å²) in [6.07, 6.45) is 1.53.